The van der Waals surface area contributed by atoms with Gasteiger partial charge in [-0.15, -0.1) is 0 Å². The predicted molar refractivity (Wildman–Crippen MR) is 127 cm³/mol. The lowest BCUT2D eigenvalue weighted by Crippen LogP contribution is -2.53. The summed E-state index contributed by atoms with van der Waals surface area (Å²) >= 11 is 0. The Morgan fingerprint density at radius 3 is 2.29 bits per heavy atom. The van der Waals surface area contributed by atoms with E-state index in [1.165, 1.54) is 4.31 Å². The molecule has 0 atom stereocenters. The number of amides is 2. The van der Waals surface area contributed by atoms with Crippen molar-refractivity contribution in [3.8, 4) is 0 Å². The standard InChI is InChI=1S/C24H32N4O5S/c29-23(18-26-10-8-21(9-11-26)24(30)25-17-22-7-4-16-33-22)27-12-14-28(15-13-27)34(31,32)19-20-5-2-1-3-6-20/h1-7,16,21H,8-15,17-19H2,(H,25,30). The maximum absolute atomic E-state index is 12.8. The van der Waals surface area contributed by atoms with Crippen LogP contribution in [0.15, 0.2) is 53.1 Å². The molecule has 34 heavy (non-hydrogen) atoms. The van der Waals surface area contributed by atoms with Gasteiger partial charge in [0.25, 0.3) is 0 Å². The normalized spacial score (nSPS) is 18.6. The van der Waals surface area contributed by atoms with Gasteiger partial charge in [-0.05, 0) is 43.6 Å². The third-order valence-electron chi connectivity index (χ3n) is 6.51. The summed E-state index contributed by atoms with van der Waals surface area (Å²) in [7, 11) is -3.41. The van der Waals surface area contributed by atoms with Crippen LogP contribution in [-0.4, -0.2) is 80.2 Å². The van der Waals surface area contributed by atoms with Crippen molar-refractivity contribution in [2.24, 2.45) is 5.92 Å². The number of piperidine rings is 1. The lowest BCUT2D eigenvalue weighted by molar-refractivity contribution is -0.134. The van der Waals surface area contributed by atoms with Gasteiger partial charge in [0.2, 0.25) is 21.8 Å². The molecule has 3 heterocycles. The number of likely N-dealkylation sites (tertiary alicyclic amines) is 1. The van der Waals surface area contributed by atoms with E-state index in [0.29, 0.717) is 65.2 Å². The van der Waals surface area contributed by atoms with Crippen LogP contribution in [0.2, 0.25) is 0 Å². The summed E-state index contributed by atoms with van der Waals surface area (Å²) in [6, 6.07) is 12.8. The van der Waals surface area contributed by atoms with Crippen molar-refractivity contribution in [3.63, 3.8) is 0 Å². The quantitative estimate of drug-likeness (QED) is 0.601. The van der Waals surface area contributed by atoms with Gasteiger partial charge in [-0.1, -0.05) is 30.3 Å². The number of hydrogen-bond acceptors (Lipinski definition) is 6. The average molecular weight is 489 g/mol. The smallest absolute Gasteiger partial charge is 0.236 e. The van der Waals surface area contributed by atoms with Crippen LogP contribution >= 0.6 is 0 Å². The first kappa shape index (κ1) is 24.4. The Hall–Kier alpha value is -2.69. The van der Waals surface area contributed by atoms with Crippen LogP contribution < -0.4 is 5.32 Å². The van der Waals surface area contributed by atoms with Crippen LogP contribution in [-0.2, 0) is 31.9 Å². The van der Waals surface area contributed by atoms with Crippen molar-refractivity contribution in [2.45, 2.75) is 25.1 Å². The molecule has 2 aromatic rings. The first-order valence-electron chi connectivity index (χ1n) is 11.7. The summed E-state index contributed by atoms with van der Waals surface area (Å²) in [5.74, 6) is 0.686. The van der Waals surface area contributed by atoms with Crippen LogP contribution in [0.25, 0.3) is 0 Å². The van der Waals surface area contributed by atoms with Crippen molar-refractivity contribution < 1.29 is 22.4 Å². The van der Waals surface area contributed by atoms with Crippen molar-refractivity contribution >= 4 is 21.8 Å². The molecule has 184 valence electrons. The summed E-state index contributed by atoms with van der Waals surface area (Å²) in [5.41, 5.74) is 0.763. The maximum Gasteiger partial charge on any atom is 0.236 e. The minimum absolute atomic E-state index is 0.0147. The minimum Gasteiger partial charge on any atom is -0.467 e. The van der Waals surface area contributed by atoms with Crippen LogP contribution in [0.4, 0.5) is 0 Å². The van der Waals surface area contributed by atoms with Gasteiger partial charge in [0.1, 0.15) is 5.76 Å². The van der Waals surface area contributed by atoms with Crippen molar-refractivity contribution in [1.29, 1.82) is 0 Å². The van der Waals surface area contributed by atoms with Crippen molar-refractivity contribution in [2.75, 3.05) is 45.8 Å². The van der Waals surface area contributed by atoms with E-state index < -0.39 is 10.0 Å². The van der Waals surface area contributed by atoms with Crippen LogP contribution in [0.1, 0.15) is 24.2 Å². The highest BCUT2D eigenvalue weighted by atomic mass is 32.2. The predicted octanol–water partition coefficient (Wildman–Crippen LogP) is 1.28. The summed E-state index contributed by atoms with van der Waals surface area (Å²) < 4.78 is 32.2. The molecule has 0 spiro atoms. The highest BCUT2D eigenvalue weighted by Gasteiger charge is 2.31. The summed E-state index contributed by atoms with van der Waals surface area (Å²) in [6.07, 6.45) is 3.01. The molecule has 9 nitrogen and oxygen atoms in total. The molecule has 2 amide bonds. The van der Waals surface area contributed by atoms with Crippen molar-refractivity contribution in [1.82, 2.24) is 19.4 Å². The maximum atomic E-state index is 12.8. The van der Waals surface area contributed by atoms with E-state index in [1.54, 1.807) is 17.2 Å². The number of nitrogens with one attached hydrogen (secondary N) is 1. The van der Waals surface area contributed by atoms with Crippen LogP contribution in [0, 0.1) is 5.92 Å². The van der Waals surface area contributed by atoms with Gasteiger partial charge in [0.05, 0.1) is 25.1 Å². The molecule has 1 N–H and O–H groups in total. The molecular weight excluding hydrogens is 456 g/mol. The van der Waals surface area contributed by atoms with Gasteiger partial charge < -0.3 is 14.6 Å². The summed E-state index contributed by atoms with van der Waals surface area (Å²) in [6.45, 7) is 3.51. The Labute approximate surface area is 200 Å². The Morgan fingerprint density at radius 1 is 0.941 bits per heavy atom. The van der Waals surface area contributed by atoms with Gasteiger partial charge in [0.15, 0.2) is 0 Å². The third-order valence-corrected chi connectivity index (χ3v) is 8.36. The molecule has 2 aliphatic rings. The van der Waals surface area contributed by atoms with Crippen molar-refractivity contribution in [3.05, 3.63) is 60.1 Å². The second-order valence-corrected chi connectivity index (χ2v) is 10.8. The van der Waals surface area contributed by atoms with E-state index in [2.05, 4.69) is 10.2 Å². The molecule has 2 saturated heterocycles. The summed E-state index contributed by atoms with van der Waals surface area (Å²) in [5, 5.41) is 2.91. The molecule has 0 radical (unpaired) electrons. The monoisotopic (exact) mass is 488 g/mol. The zero-order valence-electron chi connectivity index (χ0n) is 19.3. The Morgan fingerprint density at radius 2 is 1.65 bits per heavy atom. The van der Waals surface area contributed by atoms with Gasteiger partial charge in [0, 0.05) is 32.1 Å². The first-order valence-corrected chi connectivity index (χ1v) is 13.3. The number of rotatable bonds is 8. The fourth-order valence-electron chi connectivity index (χ4n) is 4.47. The average Bonchev–Trinajstić information content (AvgIpc) is 3.37. The number of sulfonamides is 1. The van der Waals surface area contributed by atoms with Crippen LogP contribution in [0.3, 0.4) is 0 Å². The number of furan rings is 1. The fraction of sp³-hybridized carbons (Fsp3) is 0.500. The van der Waals surface area contributed by atoms with E-state index in [-0.39, 0.29) is 23.5 Å². The van der Waals surface area contributed by atoms with Crippen LogP contribution in [0.5, 0.6) is 0 Å². The Balaban J connectivity index is 1.17. The second-order valence-electron chi connectivity index (χ2n) is 8.87. The molecule has 1 aromatic heterocycles. The second kappa shape index (κ2) is 11.2. The van der Waals surface area contributed by atoms with Gasteiger partial charge in [-0.2, -0.15) is 4.31 Å². The summed E-state index contributed by atoms with van der Waals surface area (Å²) in [4.78, 5) is 29.0. The number of hydrogen-bond donors (Lipinski definition) is 1. The number of carbonyl (C=O) groups excluding carboxylic acids is 2. The van der Waals surface area contributed by atoms with E-state index in [4.69, 9.17) is 4.42 Å². The molecule has 0 unspecified atom stereocenters. The zero-order chi connectivity index (χ0) is 24.0. The molecule has 4 rings (SSSR count). The molecule has 10 heteroatoms. The molecule has 1 aromatic carbocycles. The zero-order valence-corrected chi connectivity index (χ0v) is 20.1. The number of carbonyl (C=O) groups is 2. The minimum atomic E-state index is -3.41. The molecule has 2 fully saturated rings. The van der Waals surface area contributed by atoms with E-state index in [1.807, 2.05) is 36.4 Å². The number of benzene rings is 1. The molecule has 0 aliphatic carbocycles. The van der Waals surface area contributed by atoms with Gasteiger partial charge in [-0.25, -0.2) is 8.42 Å². The Kier molecular flexibility index (Phi) is 8.02. The molecule has 2 aliphatic heterocycles. The van der Waals surface area contributed by atoms with Gasteiger partial charge in [-0.3, -0.25) is 14.5 Å². The third kappa shape index (κ3) is 6.46. The highest BCUT2D eigenvalue weighted by molar-refractivity contribution is 7.88. The van der Waals surface area contributed by atoms with E-state index in [9.17, 15) is 18.0 Å². The number of nitrogens with zero attached hydrogens (tertiary/aromatic N) is 3. The lowest BCUT2D eigenvalue weighted by Gasteiger charge is -2.36. The first-order chi connectivity index (χ1) is 16.4. The fourth-order valence-corrected chi connectivity index (χ4v) is 5.98. The largest absolute Gasteiger partial charge is 0.467 e. The van der Waals surface area contributed by atoms with E-state index in [0.717, 1.165) is 11.3 Å². The Bertz CT molecular complexity index is 1040. The molecule has 0 bridgehead atoms. The van der Waals surface area contributed by atoms with E-state index >= 15 is 0 Å². The highest BCUT2D eigenvalue weighted by Crippen LogP contribution is 2.19. The topological polar surface area (TPSA) is 103 Å². The SMILES string of the molecule is O=C(NCc1ccco1)C1CCN(CC(=O)N2CCN(S(=O)(=O)Cc3ccccc3)CC2)CC1. The number of piperazine rings is 1. The molecular formula is C24H32N4O5S. The van der Waals surface area contributed by atoms with Gasteiger partial charge >= 0.3 is 0 Å². The lowest BCUT2D eigenvalue weighted by atomic mass is 9.96. The molecule has 0 saturated carbocycles.